The van der Waals surface area contributed by atoms with Crippen molar-refractivity contribution < 1.29 is 0 Å². The van der Waals surface area contributed by atoms with Crippen LogP contribution >= 0.6 is 0 Å². The molecule has 212 valence electrons. The quantitative estimate of drug-likeness (QED) is 0.0874. The van der Waals surface area contributed by atoms with Crippen molar-refractivity contribution in [1.82, 2.24) is 0 Å². The zero-order valence-corrected chi connectivity index (χ0v) is 25.7. The maximum absolute atomic E-state index is 2.49. The monoisotopic (exact) mass is 493 g/mol. The summed E-state index contributed by atoms with van der Waals surface area (Å²) < 4.78 is 0. The van der Waals surface area contributed by atoms with Crippen molar-refractivity contribution in [2.75, 3.05) is 0 Å². The van der Waals surface area contributed by atoms with E-state index in [1.165, 1.54) is 186 Å². The number of hydrogen-bond acceptors (Lipinski definition) is 0. The fraction of sp³-hybridized carbons (Fsp3) is 1.00. The molecule has 0 aliphatic heterocycles. The lowest BCUT2D eigenvalue weighted by Gasteiger charge is -2.14. The SMILES string of the molecule is CCCCCCCCCCCCCCCCCCCCCCCCC(C)CCCC(C)CCCC. The molecule has 0 aliphatic rings. The highest BCUT2D eigenvalue weighted by atomic mass is 14.1. The van der Waals surface area contributed by atoms with E-state index in [1.54, 1.807) is 0 Å². The van der Waals surface area contributed by atoms with Gasteiger partial charge in [-0.3, -0.25) is 0 Å². The summed E-state index contributed by atoms with van der Waals surface area (Å²) in [5.41, 5.74) is 0. The average molecular weight is 493 g/mol. The van der Waals surface area contributed by atoms with E-state index in [2.05, 4.69) is 27.7 Å². The van der Waals surface area contributed by atoms with Crippen molar-refractivity contribution in [2.45, 2.75) is 214 Å². The largest absolute Gasteiger partial charge is 0.0654 e. The van der Waals surface area contributed by atoms with E-state index in [1.807, 2.05) is 0 Å². The molecule has 0 fully saturated rings. The van der Waals surface area contributed by atoms with Crippen LogP contribution in [0.5, 0.6) is 0 Å². The molecule has 0 bridgehead atoms. The first-order chi connectivity index (χ1) is 17.2. The summed E-state index contributed by atoms with van der Waals surface area (Å²) in [6.45, 7) is 9.58. The molecule has 0 aromatic rings. The first kappa shape index (κ1) is 35.0. The summed E-state index contributed by atoms with van der Waals surface area (Å²) >= 11 is 0. The molecule has 0 aliphatic carbocycles. The molecule has 35 heavy (non-hydrogen) atoms. The van der Waals surface area contributed by atoms with Gasteiger partial charge >= 0.3 is 0 Å². The predicted molar refractivity (Wildman–Crippen MR) is 164 cm³/mol. The third kappa shape index (κ3) is 30.1. The van der Waals surface area contributed by atoms with Crippen LogP contribution in [-0.4, -0.2) is 0 Å². The van der Waals surface area contributed by atoms with Gasteiger partial charge in [0.15, 0.2) is 0 Å². The molecule has 0 rings (SSSR count). The Labute approximate surface area is 225 Å². The Hall–Kier alpha value is 0. The van der Waals surface area contributed by atoms with Crippen molar-refractivity contribution in [3.8, 4) is 0 Å². The molecule has 0 amide bonds. The minimum Gasteiger partial charge on any atom is -0.0654 e. The third-order valence-corrected chi connectivity index (χ3v) is 8.49. The molecule has 0 nitrogen and oxygen atoms in total. The number of rotatable bonds is 30. The lowest BCUT2D eigenvalue weighted by Crippen LogP contribution is -1.99. The Balaban J connectivity index is 3.14. The van der Waals surface area contributed by atoms with Crippen molar-refractivity contribution in [3.05, 3.63) is 0 Å². The standard InChI is InChI=1S/C35H72/c1-5-7-9-10-11-12-13-14-15-16-17-18-19-20-21-22-23-24-25-26-27-28-31-35(4)33-29-32-34(3)30-8-6-2/h34-35H,5-33H2,1-4H3. The van der Waals surface area contributed by atoms with E-state index in [0.717, 1.165) is 11.8 Å². The third-order valence-electron chi connectivity index (χ3n) is 8.49. The van der Waals surface area contributed by atoms with Crippen molar-refractivity contribution in [1.29, 1.82) is 0 Å². The molecule has 0 aromatic carbocycles. The van der Waals surface area contributed by atoms with E-state index in [0.29, 0.717) is 0 Å². The first-order valence-electron chi connectivity index (χ1n) is 17.2. The molecule has 0 N–H and O–H groups in total. The van der Waals surface area contributed by atoms with Crippen molar-refractivity contribution in [2.24, 2.45) is 11.8 Å². The topological polar surface area (TPSA) is 0 Å². The van der Waals surface area contributed by atoms with Gasteiger partial charge in [0.1, 0.15) is 0 Å². The molecule has 0 saturated heterocycles. The molecule has 0 radical (unpaired) electrons. The van der Waals surface area contributed by atoms with Gasteiger partial charge in [0.05, 0.1) is 0 Å². The average Bonchev–Trinajstić information content (AvgIpc) is 2.85. The second kappa shape index (κ2) is 30.2. The highest BCUT2D eigenvalue weighted by Gasteiger charge is 2.05. The van der Waals surface area contributed by atoms with E-state index in [-0.39, 0.29) is 0 Å². The van der Waals surface area contributed by atoms with Crippen LogP contribution in [0.2, 0.25) is 0 Å². The first-order valence-corrected chi connectivity index (χ1v) is 17.2. The van der Waals surface area contributed by atoms with Crippen LogP contribution in [0.25, 0.3) is 0 Å². The van der Waals surface area contributed by atoms with E-state index in [9.17, 15) is 0 Å². The fourth-order valence-corrected chi connectivity index (χ4v) is 5.76. The van der Waals surface area contributed by atoms with Gasteiger partial charge in [-0.05, 0) is 11.8 Å². The van der Waals surface area contributed by atoms with E-state index in [4.69, 9.17) is 0 Å². The molecule has 2 unspecified atom stereocenters. The van der Waals surface area contributed by atoms with Crippen molar-refractivity contribution >= 4 is 0 Å². The minimum absolute atomic E-state index is 0.955. The molecule has 0 saturated carbocycles. The Morgan fingerprint density at radius 1 is 0.257 bits per heavy atom. The number of hydrogen-bond donors (Lipinski definition) is 0. The highest BCUT2D eigenvalue weighted by Crippen LogP contribution is 2.21. The lowest BCUT2D eigenvalue weighted by atomic mass is 9.92. The Morgan fingerprint density at radius 2 is 0.486 bits per heavy atom. The molecule has 0 spiro atoms. The normalized spacial score (nSPS) is 13.4. The lowest BCUT2D eigenvalue weighted by molar-refractivity contribution is 0.394. The second-order valence-corrected chi connectivity index (χ2v) is 12.5. The number of unbranched alkanes of at least 4 members (excludes halogenated alkanes) is 22. The predicted octanol–water partition coefficient (Wildman–Crippen LogP) is 13.6. The zero-order valence-electron chi connectivity index (χ0n) is 25.7. The van der Waals surface area contributed by atoms with E-state index >= 15 is 0 Å². The second-order valence-electron chi connectivity index (χ2n) is 12.5. The van der Waals surface area contributed by atoms with Crippen LogP contribution in [0, 0.1) is 11.8 Å². The van der Waals surface area contributed by atoms with Gasteiger partial charge in [0, 0.05) is 0 Å². The van der Waals surface area contributed by atoms with Crippen LogP contribution in [0.15, 0.2) is 0 Å². The molecule has 0 heterocycles. The van der Waals surface area contributed by atoms with Crippen LogP contribution in [0.4, 0.5) is 0 Å². The summed E-state index contributed by atoms with van der Waals surface area (Å²) in [6, 6.07) is 0. The van der Waals surface area contributed by atoms with Gasteiger partial charge in [-0.2, -0.15) is 0 Å². The summed E-state index contributed by atoms with van der Waals surface area (Å²) in [7, 11) is 0. The van der Waals surface area contributed by atoms with Gasteiger partial charge < -0.3 is 0 Å². The molecular formula is C35H72. The maximum atomic E-state index is 2.49. The van der Waals surface area contributed by atoms with E-state index < -0.39 is 0 Å². The van der Waals surface area contributed by atoms with Crippen LogP contribution < -0.4 is 0 Å². The van der Waals surface area contributed by atoms with Crippen LogP contribution in [0.3, 0.4) is 0 Å². The molecule has 2 atom stereocenters. The highest BCUT2D eigenvalue weighted by molar-refractivity contribution is 4.59. The fourth-order valence-electron chi connectivity index (χ4n) is 5.76. The van der Waals surface area contributed by atoms with Gasteiger partial charge in [0.25, 0.3) is 0 Å². The van der Waals surface area contributed by atoms with Gasteiger partial charge in [-0.25, -0.2) is 0 Å². The molecular weight excluding hydrogens is 420 g/mol. The van der Waals surface area contributed by atoms with Crippen molar-refractivity contribution in [3.63, 3.8) is 0 Å². The summed E-state index contributed by atoms with van der Waals surface area (Å²) in [6.07, 6.45) is 42.7. The summed E-state index contributed by atoms with van der Waals surface area (Å²) in [5, 5.41) is 0. The Kier molecular flexibility index (Phi) is 30.2. The Morgan fingerprint density at radius 3 is 0.800 bits per heavy atom. The zero-order chi connectivity index (χ0) is 25.7. The maximum Gasteiger partial charge on any atom is -0.0443 e. The van der Waals surface area contributed by atoms with Crippen LogP contribution in [-0.2, 0) is 0 Å². The molecule has 0 heteroatoms. The van der Waals surface area contributed by atoms with Gasteiger partial charge in [-0.1, -0.05) is 214 Å². The minimum atomic E-state index is 0.955. The smallest absolute Gasteiger partial charge is 0.0443 e. The van der Waals surface area contributed by atoms with Gasteiger partial charge in [0.2, 0.25) is 0 Å². The summed E-state index contributed by atoms with van der Waals surface area (Å²) in [4.78, 5) is 0. The Bertz CT molecular complexity index is 359. The van der Waals surface area contributed by atoms with Gasteiger partial charge in [-0.15, -0.1) is 0 Å². The molecule has 0 aromatic heterocycles. The summed E-state index contributed by atoms with van der Waals surface area (Å²) in [5.74, 6) is 1.91. The van der Waals surface area contributed by atoms with Crippen LogP contribution in [0.1, 0.15) is 214 Å².